The molecule has 0 saturated heterocycles. The predicted octanol–water partition coefficient (Wildman–Crippen LogP) is 1.51. The molecule has 0 saturated carbocycles. The highest BCUT2D eigenvalue weighted by Crippen LogP contribution is 2.19. The van der Waals surface area contributed by atoms with Crippen molar-refractivity contribution in [3.8, 4) is 5.75 Å². The summed E-state index contributed by atoms with van der Waals surface area (Å²) in [5.74, 6) is -0.746. The van der Waals surface area contributed by atoms with Crippen molar-refractivity contribution in [3.05, 3.63) is 29.3 Å². The lowest BCUT2D eigenvalue weighted by molar-refractivity contribution is -0.139. The van der Waals surface area contributed by atoms with E-state index >= 15 is 0 Å². The third-order valence-corrected chi connectivity index (χ3v) is 2.88. The van der Waals surface area contributed by atoms with Gasteiger partial charge in [0, 0.05) is 0 Å². The number of carbonyl (C=O) groups excluding carboxylic acids is 1. The fraction of sp³-hybridized carbons (Fsp3) is 0.385. The number of hydrogen-bond acceptors (Lipinski definition) is 4. The number of amides is 1. The first-order valence-electron chi connectivity index (χ1n) is 5.78. The van der Waals surface area contributed by atoms with Gasteiger partial charge in [-0.25, -0.2) is 4.79 Å². The van der Waals surface area contributed by atoms with Gasteiger partial charge in [-0.3, -0.25) is 4.79 Å². The maximum absolute atomic E-state index is 12.1. The van der Waals surface area contributed by atoms with Crippen LogP contribution in [0.1, 0.15) is 22.3 Å². The molecule has 1 atom stereocenters. The van der Waals surface area contributed by atoms with Crippen LogP contribution >= 0.6 is 12.6 Å². The van der Waals surface area contributed by atoms with Crippen molar-refractivity contribution >= 4 is 24.5 Å². The van der Waals surface area contributed by atoms with Crippen LogP contribution in [-0.4, -0.2) is 35.9 Å². The Morgan fingerprint density at radius 2 is 2.16 bits per heavy atom. The quantitative estimate of drug-likeness (QED) is 0.692. The van der Waals surface area contributed by atoms with Gasteiger partial charge in [0.1, 0.15) is 11.8 Å². The molecule has 1 unspecified atom stereocenters. The van der Waals surface area contributed by atoms with Crippen LogP contribution in [0.15, 0.2) is 18.2 Å². The Morgan fingerprint density at radius 3 is 2.68 bits per heavy atom. The van der Waals surface area contributed by atoms with Gasteiger partial charge in [-0.1, -0.05) is 11.6 Å². The summed E-state index contributed by atoms with van der Waals surface area (Å²) in [6, 6.07) is 4.21. The molecule has 104 valence electrons. The third-order valence-electron chi connectivity index (χ3n) is 2.62. The molecule has 1 amide bonds. The van der Waals surface area contributed by atoms with Gasteiger partial charge in [-0.15, -0.1) is 0 Å². The molecule has 19 heavy (non-hydrogen) atoms. The van der Waals surface area contributed by atoms with Crippen molar-refractivity contribution in [2.24, 2.45) is 0 Å². The molecule has 6 heteroatoms. The van der Waals surface area contributed by atoms with Crippen molar-refractivity contribution < 1.29 is 19.4 Å². The Kier molecular flexibility index (Phi) is 5.69. The van der Waals surface area contributed by atoms with E-state index in [4.69, 9.17) is 9.84 Å². The number of carboxylic acids is 1. The van der Waals surface area contributed by atoms with E-state index in [0.717, 1.165) is 5.56 Å². The molecule has 0 spiro atoms. The number of methoxy groups -OCH3 is 1. The second kappa shape index (κ2) is 7.04. The topological polar surface area (TPSA) is 75.6 Å². The summed E-state index contributed by atoms with van der Waals surface area (Å²) in [7, 11) is 1.46. The Hall–Kier alpha value is -1.69. The smallest absolute Gasteiger partial charge is 0.326 e. The monoisotopic (exact) mass is 283 g/mol. The van der Waals surface area contributed by atoms with Crippen molar-refractivity contribution in [2.45, 2.75) is 19.4 Å². The number of benzene rings is 1. The van der Waals surface area contributed by atoms with Crippen LogP contribution in [-0.2, 0) is 4.79 Å². The first kappa shape index (κ1) is 15.4. The highest BCUT2D eigenvalue weighted by atomic mass is 32.1. The molecule has 1 aromatic rings. The second-order valence-electron chi connectivity index (χ2n) is 4.08. The van der Waals surface area contributed by atoms with Crippen LogP contribution in [0.25, 0.3) is 0 Å². The molecule has 2 N–H and O–H groups in total. The normalized spacial score (nSPS) is 11.7. The number of thiol groups is 1. The molecule has 1 rings (SSSR count). The number of aryl methyl sites for hydroxylation is 1. The summed E-state index contributed by atoms with van der Waals surface area (Å²) in [5, 5.41) is 11.5. The molecule has 0 aromatic heterocycles. The zero-order chi connectivity index (χ0) is 14.4. The van der Waals surface area contributed by atoms with Gasteiger partial charge >= 0.3 is 5.97 Å². The lowest BCUT2D eigenvalue weighted by atomic mass is 10.1. The Balaban J connectivity index is 2.93. The lowest BCUT2D eigenvalue weighted by Crippen LogP contribution is -2.41. The zero-order valence-electron chi connectivity index (χ0n) is 10.8. The average Bonchev–Trinajstić information content (AvgIpc) is 2.37. The Labute approximate surface area is 117 Å². The van der Waals surface area contributed by atoms with E-state index in [9.17, 15) is 9.59 Å². The molecule has 5 nitrogen and oxygen atoms in total. The number of rotatable bonds is 6. The van der Waals surface area contributed by atoms with Gasteiger partial charge in [-0.05, 0) is 31.2 Å². The largest absolute Gasteiger partial charge is 0.496 e. The van der Waals surface area contributed by atoms with Crippen LogP contribution in [0.4, 0.5) is 0 Å². The number of aliphatic carboxylic acids is 1. The first-order valence-corrected chi connectivity index (χ1v) is 6.42. The SMILES string of the molecule is COc1ccc(C)cc1C(=O)NC(CCS)C(=O)O. The molecule has 0 aliphatic rings. The Morgan fingerprint density at radius 1 is 1.47 bits per heavy atom. The van der Waals surface area contributed by atoms with E-state index in [2.05, 4.69) is 17.9 Å². The molecule has 0 aliphatic heterocycles. The summed E-state index contributed by atoms with van der Waals surface area (Å²) >= 11 is 3.98. The summed E-state index contributed by atoms with van der Waals surface area (Å²) in [5.41, 5.74) is 1.22. The van der Waals surface area contributed by atoms with E-state index < -0.39 is 17.9 Å². The fourth-order valence-electron chi connectivity index (χ4n) is 1.62. The van der Waals surface area contributed by atoms with Gasteiger partial charge in [0.05, 0.1) is 12.7 Å². The molecule has 0 radical (unpaired) electrons. The Bertz CT molecular complexity index is 476. The number of carboxylic acid groups (broad SMARTS) is 1. The summed E-state index contributed by atoms with van der Waals surface area (Å²) in [6.45, 7) is 1.85. The number of ether oxygens (including phenoxy) is 1. The van der Waals surface area contributed by atoms with E-state index in [0.29, 0.717) is 17.1 Å². The standard InChI is InChI=1S/C13H17NO4S/c1-8-3-4-11(18-2)9(7-8)12(15)14-10(5-6-19)13(16)17/h3-4,7,10,19H,5-6H2,1-2H3,(H,14,15)(H,16,17). The predicted molar refractivity (Wildman–Crippen MR) is 75.1 cm³/mol. The fourth-order valence-corrected chi connectivity index (χ4v) is 1.88. The van der Waals surface area contributed by atoms with Gasteiger partial charge in [-0.2, -0.15) is 12.6 Å². The van der Waals surface area contributed by atoms with Crippen molar-refractivity contribution in [3.63, 3.8) is 0 Å². The summed E-state index contributed by atoms with van der Waals surface area (Å²) in [6.07, 6.45) is 0.262. The van der Waals surface area contributed by atoms with E-state index in [-0.39, 0.29) is 6.42 Å². The molecule has 0 bridgehead atoms. The minimum Gasteiger partial charge on any atom is -0.496 e. The first-order chi connectivity index (χ1) is 8.99. The highest BCUT2D eigenvalue weighted by molar-refractivity contribution is 7.80. The second-order valence-corrected chi connectivity index (χ2v) is 4.53. The molecule has 0 heterocycles. The average molecular weight is 283 g/mol. The molecule has 0 aliphatic carbocycles. The van der Waals surface area contributed by atoms with Crippen LogP contribution < -0.4 is 10.1 Å². The van der Waals surface area contributed by atoms with Crippen LogP contribution in [0, 0.1) is 6.92 Å². The van der Waals surface area contributed by atoms with Crippen LogP contribution in [0.5, 0.6) is 5.75 Å². The number of hydrogen-bond donors (Lipinski definition) is 3. The third kappa shape index (κ3) is 4.17. The van der Waals surface area contributed by atoms with Crippen molar-refractivity contribution in [1.29, 1.82) is 0 Å². The van der Waals surface area contributed by atoms with Crippen LogP contribution in [0.2, 0.25) is 0 Å². The van der Waals surface area contributed by atoms with Gasteiger partial charge in [0.2, 0.25) is 0 Å². The van der Waals surface area contributed by atoms with E-state index in [1.54, 1.807) is 12.1 Å². The number of carbonyl (C=O) groups is 2. The van der Waals surface area contributed by atoms with Crippen molar-refractivity contribution in [1.82, 2.24) is 5.32 Å². The van der Waals surface area contributed by atoms with Gasteiger partial charge < -0.3 is 15.2 Å². The van der Waals surface area contributed by atoms with E-state index in [1.807, 2.05) is 13.0 Å². The maximum atomic E-state index is 12.1. The van der Waals surface area contributed by atoms with E-state index in [1.165, 1.54) is 7.11 Å². The van der Waals surface area contributed by atoms with Gasteiger partial charge in [0.25, 0.3) is 5.91 Å². The van der Waals surface area contributed by atoms with Crippen molar-refractivity contribution in [2.75, 3.05) is 12.9 Å². The lowest BCUT2D eigenvalue weighted by Gasteiger charge is -2.15. The molecule has 1 aromatic carbocycles. The molecular formula is C13H17NO4S. The maximum Gasteiger partial charge on any atom is 0.326 e. The highest BCUT2D eigenvalue weighted by Gasteiger charge is 2.21. The summed E-state index contributed by atoms with van der Waals surface area (Å²) in [4.78, 5) is 23.1. The summed E-state index contributed by atoms with van der Waals surface area (Å²) < 4.78 is 5.10. The van der Waals surface area contributed by atoms with Crippen LogP contribution in [0.3, 0.4) is 0 Å². The molecular weight excluding hydrogens is 266 g/mol. The van der Waals surface area contributed by atoms with Gasteiger partial charge in [0.15, 0.2) is 0 Å². The zero-order valence-corrected chi connectivity index (χ0v) is 11.7. The molecule has 0 fully saturated rings. The number of nitrogens with one attached hydrogen (secondary N) is 1. The minimum atomic E-state index is -1.07. The minimum absolute atomic E-state index is 0.262.